The molecule has 0 radical (unpaired) electrons. The van der Waals surface area contributed by atoms with Gasteiger partial charge in [0.05, 0.1) is 29.0 Å². The number of rotatable bonds is 5. The lowest BCUT2D eigenvalue weighted by atomic mass is 9.96. The Morgan fingerprint density at radius 3 is 2.31 bits per heavy atom. The molecule has 0 N–H and O–H groups in total. The number of hydrogen-bond donors (Lipinski definition) is 0. The van der Waals surface area contributed by atoms with E-state index in [1.54, 1.807) is 31.2 Å². The van der Waals surface area contributed by atoms with Crippen molar-refractivity contribution in [3.05, 3.63) is 90.6 Å². The maximum absolute atomic E-state index is 13.6. The van der Waals surface area contributed by atoms with Crippen LogP contribution in [0, 0.1) is 0 Å². The highest BCUT2D eigenvalue weighted by Crippen LogP contribution is 2.31. The first-order valence-electron chi connectivity index (χ1n) is 10.9. The second-order valence-electron chi connectivity index (χ2n) is 8.22. The number of ether oxygens (including phenoxy) is 2. The largest absolute Gasteiger partial charge is 0.466 e. The molecule has 3 aromatic rings. The normalized spacial score (nSPS) is 15.3. The Hall–Kier alpha value is -3.98. The fourth-order valence-electron chi connectivity index (χ4n) is 3.91. The molecule has 4 rings (SSSR count). The summed E-state index contributed by atoms with van der Waals surface area (Å²) in [4.78, 5) is 44.7. The molecule has 1 aromatic heterocycles. The van der Waals surface area contributed by atoms with Gasteiger partial charge >= 0.3 is 11.9 Å². The van der Waals surface area contributed by atoms with E-state index in [0.717, 1.165) is 11.3 Å². The number of anilines is 1. The van der Waals surface area contributed by atoms with E-state index in [-0.39, 0.29) is 11.1 Å². The Morgan fingerprint density at radius 2 is 1.74 bits per heavy atom. The van der Waals surface area contributed by atoms with Crippen molar-refractivity contribution < 1.29 is 19.1 Å². The summed E-state index contributed by atoms with van der Waals surface area (Å²) in [5.74, 6) is -0.626. The summed E-state index contributed by atoms with van der Waals surface area (Å²) in [5.41, 5.74) is 3.11. The van der Waals surface area contributed by atoms with Gasteiger partial charge in [-0.1, -0.05) is 35.6 Å². The second-order valence-corrected chi connectivity index (χ2v) is 9.23. The van der Waals surface area contributed by atoms with Gasteiger partial charge in [0.15, 0.2) is 4.80 Å². The molecular weight excluding hydrogens is 466 g/mol. The zero-order chi connectivity index (χ0) is 25.3. The number of allylic oxidation sites excluding steroid dienone is 1. The summed E-state index contributed by atoms with van der Waals surface area (Å²) < 4.78 is 12.2. The third-order valence-corrected chi connectivity index (χ3v) is 6.57. The number of fused-ring (bicyclic) bond motifs is 1. The van der Waals surface area contributed by atoms with Gasteiger partial charge in [0.1, 0.15) is 5.75 Å². The van der Waals surface area contributed by atoms with E-state index in [1.807, 2.05) is 49.3 Å². The van der Waals surface area contributed by atoms with Crippen LogP contribution >= 0.6 is 11.3 Å². The van der Waals surface area contributed by atoms with Crippen LogP contribution in [0.5, 0.6) is 5.75 Å². The van der Waals surface area contributed by atoms with Gasteiger partial charge in [-0.05, 0) is 48.4 Å². The van der Waals surface area contributed by atoms with Crippen molar-refractivity contribution in [3.8, 4) is 5.75 Å². The predicted molar refractivity (Wildman–Crippen MR) is 134 cm³/mol. The third kappa shape index (κ3) is 4.81. The van der Waals surface area contributed by atoms with Gasteiger partial charge in [-0.25, -0.2) is 9.79 Å². The molecule has 0 saturated heterocycles. The summed E-state index contributed by atoms with van der Waals surface area (Å²) in [6.07, 6.45) is 1.82. The molecule has 0 saturated carbocycles. The molecular formula is C26H25N3O5S. The van der Waals surface area contributed by atoms with Crippen LogP contribution < -0.4 is 24.5 Å². The van der Waals surface area contributed by atoms with Crippen molar-refractivity contribution >= 4 is 35.0 Å². The number of nitrogens with zero attached hydrogens (tertiary/aromatic N) is 3. The van der Waals surface area contributed by atoms with Crippen molar-refractivity contribution in [1.82, 2.24) is 4.57 Å². The smallest absolute Gasteiger partial charge is 0.338 e. The summed E-state index contributed by atoms with van der Waals surface area (Å²) in [5, 5.41) is 0. The Kier molecular flexibility index (Phi) is 6.70. The Balaban J connectivity index is 1.86. The van der Waals surface area contributed by atoms with Crippen LogP contribution in [0.3, 0.4) is 0 Å². The van der Waals surface area contributed by atoms with E-state index in [1.165, 1.54) is 29.9 Å². The quantitative estimate of drug-likeness (QED) is 0.402. The number of aromatic nitrogens is 1. The lowest BCUT2D eigenvalue weighted by Gasteiger charge is -2.24. The van der Waals surface area contributed by atoms with E-state index in [2.05, 4.69) is 4.99 Å². The minimum atomic E-state index is -0.733. The van der Waals surface area contributed by atoms with Crippen molar-refractivity contribution in [2.24, 2.45) is 4.99 Å². The van der Waals surface area contributed by atoms with Crippen LogP contribution in [0.2, 0.25) is 0 Å². The number of benzene rings is 2. The molecule has 1 aliphatic heterocycles. The van der Waals surface area contributed by atoms with Gasteiger partial charge in [0.2, 0.25) is 0 Å². The van der Waals surface area contributed by atoms with Crippen molar-refractivity contribution in [2.75, 3.05) is 26.1 Å². The minimum absolute atomic E-state index is 0.256. The van der Waals surface area contributed by atoms with E-state index in [9.17, 15) is 14.4 Å². The molecule has 0 aliphatic carbocycles. The number of carbonyl (C=O) groups excluding carboxylic acids is 2. The molecule has 0 unspecified atom stereocenters. The summed E-state index contributed by atoms with van der Waals surface area (Å²) in [6.45, 7) is 3.05. The molecule has 0 bridgehead atoms. The number of methoxy groups -OCH3 is 1. The lowest BCUT2D eigenvalue weighted by molar-refractivity contribution is -0.136. The van der Waals surface area contributed by atoms with Crippen molar-refractivity contribution in [2.45, 2.75) is 19.9 Å². The van der Waals surface area contributed by atoms with E-state index >= 15 is 0 Å². The Morgan fingerprint density at radius 1 is 1.09 bits per heavy atom. The molecule has 9 heteroatoms. The highest BCUT2D eigenvalue weighted by Gasteiger charge is 2.33. The number of hydrogen-bond acceptors (Lipinski definition) is 8. The first kappa shape index (κ1) is 24.2. The van der Waals surface area contributed by atoms with Crippen molar-refractivity contribution in [3.63, 3.8) is 0 Å². The molecule has 2 aromatic carbocycles. The fraction of sp³-hybridized carbons (Fsp3) is 0.231. The van der Waals surface area contributed by atoms with Gasteiger partial charge < -0.3 is 14.4 Å². The van der Waals surface area contributed by atoms with E-state index in [0.29, 0.717) is 26.3 Å². The van der Waals surface area contributed by atoms with Crippen LogP contribution in [-0.2, 0) is 14.3 Å². The van der Waals surface area contributed by atoms with Crippen LogP contribution in [0.1, 0.15) is 31.0 Å². The molecule has 0 amide bonds. The zero-order valence-corrected chi connectivity index (χ0v) is 20.9. The fourth-order valence-corrected chi connectivity index (χ4v) is 4.96. The maximum Gasteiger partial charge on any atom is 0.338 e. The molecule has 35 heavy (non-hydrogen) atoms. The summed E-state index contributed by atoms with van der Waals surface area (Å²) in [6, 6.07) is 13.8. The van der Waals surface area contributed by atoms with Gasteiger partial charge in [-0.3, -0.25) is 14.2 Å². The molecule has 180 valence electrons. The first-order valence-corrected chi connectivity index (χ1v) is 11.7. The van der Waals surface area contributed by atoms with Crippen LogP contribution in [0.15, 0.2) is 69.6 Å². The Bertz CT molecular complexity index is 1500. The third-order valence-electron chi connectivity index (χ3n) is 5.59. The lowest BCUT2D eigenvalue weighted by Crippen LogP contribution is -2.39. The van der Waals surface area contributed by atoms with Gasteiger partial charge in [0, 0.05) is 26.7 Å². The first-order chi connectivity index (χ1) is 16.7. The van der Waals surface area contributed by atoms with Crippen LogP contribution in [0.4, 0.5) is 5.69 Å². The molecule has 2 heterocycles. The number of esters is 2. The average Bonchev–Trinajstić information content (AvgIpc) is 3.12. The highest BCUT2D eigenvalue weighted by molar-refractivity contribution is 7.07. The number of carbonyl (C=O) groups is 2. The van der Waals surface area contributed by atoms with E-state index in [4.69, 9.17) is 9.47 Å². The molecule has 0 spiro atoms. The zero-order valence-electron chi connectivity index (χ0n) is 20.1. The highest BCUT2D eigenvalue weighted by atomic mass is 32.1. The van der Waals surface area contributed by atoms with Gasteiger partial charge in [-0.15, -0.1) is 0 Å². The van der Waals surface area contributed by atoms with Gasteiger partial charge in [-0.2, -0.15) is 0 Å². The molecule has 0 fully saturated rings. The minimum Gasteiger partial charge on any atom is -0.466 e. The Labute approximate surface area is 206 Å². The summed E-state index contributed by atoms with van der Waals surface area (Å²) >= 11 is 1.26. The SMILES string of the molecule is COC(=O)C1=C(C)N=c2s/c(=C/c3ccc(N(C)C)cc3)c(=O)n2[C@H]1c1ccc(OC(C)=O)cc1. The van der Waals surface area contributed by atoms with Crippen LogP contribution in [0.25, 0.3) is 6.08 Å². The predicted octanol–water partition coefficient (Wildman–Crippen LogP) is 2.40. The molecule has 1 aliphatic rings. The van der Waals surface area contributed by atoms with Crippen molar-refractivity contribution in [1.29, 1.82) is 0 Å². The topological polar surface area (TPSA) is 90.2 Å². The molecule has 8 nitrogen and oxygen atoms in total. The van der Waals surface area contributed by atoms with Crippen LogP contribution in [-0.4, -0.2) is 37.7 Å². The van der Waals surface area contributed by atoms with E-state index < -0.39 is 18.0 Å². The standard InChI is InChI=1S/C26H25N3O5S/c1-15-22(25(32)33-5)23(18-8-12-20(13-9-18)34-16(2)30)29-24(31)21(35-26(29)27-15)14-17-6-10-19(11-7-17)28(3)4/h6-14,23H,1-5H3/b21-14+/t23-/m0/s1. The number of thiazole rings is 1. The summed E-state index contributed by atoms with van der Waals surface area (Å²) in [7, 11) is 5.23. The second kappa shape index (κ2) is 9.71. The monoisotopic (exact) mass is 491 g/mol. The van der Waals surface area contributed by atoms with Gasteiger partial charge in [0.25, 0.3) is 5.56 Å². The molecule has 1 atom stereocenters. The average molecular weight is 492 g/mol. The maximum atomic E-state index is 13.6.